The molecule has 88 valence electrons. The Balaban J connectivity index is 1.69. The molecule has 2 saturated heterocycles. The number of ether oxygens (including phenoxy) is 1. The molecular weight excluding hydrogens is 206 g/mol. The second-order valence-electron chi connectivity index (χ2n) is 4.68. The van der Waals surface area contributed by atoms with Crippen molar-refractivity contribution in [2.45, 2.75) is 43.9 Å². The van der Waals surface area contributed by atoms with E-state index in [9.17, 15) is 0 Å². The standard InChI is InChI=1S/C12H23NOS/c1-2-12(10-5-6-14-9-10)13-8-11-4-3-7-15-11/h10-13H,2-9H2,1H3. The van der Waals surface area contributed by atoms with E-state index in [2.05, 4.69) is 24.0 Å². The van der Waals surface area contributed by atoms with Crippen LogP contribution in [0.1, 0.15) is 32.6 Å². The van der Waals surface area contributed by atoms with Gasteiger partial charge in [0.1, 0.15) is 0 Å². The second kappa shape index (κ2) is 6.12. The largest absolute Gasteiger partial charge is 0.381 e. The fourth-order valence-electron chi connectivity index (χ4n) is 2.60. The van der Waals surface area contributed by atoms with Gasteiger partial charge in [-0.25, -0.2) is 0 Å². The smallest absolute Gasteiger partial charge is 0.0509 e. The van der Waals surface area contributed by atoms with Gasteiger partial charge in [0.2, 0.25) is 0 Å². The third-order valence-corrected chi connectivity index (χ3v) is 5.00. The highest BCUT2D eigenvalue weighted by atomic mass is 32.2. The minimum atomic E-state index is 0.689. The summed E-state index contributed by atoms with van der Waals surface area (Å²) in [5, 5.41) is 4.63. The number of rotatable bonds is 5. The van der Waals surface area contributed by atoms with Crippen LogP contribution in [0.5, 0.6) is 0 Å². The van der Waals surface area contributed by atoms with Gasteiger partial charge in [-0.05, 0) is 37.4 Å². The van der Waals surface area contributed by atoms with Gasteiger partial charge in [0.15, 0.2) is 0 Å². The Morgan fingerprint density at radius 3 is 3.00 bits per heavy atom. The van der Waals surface area contributed by atoms with E-state index in [1.54, 1.807) is 0 Å². The Bertz CT molecular complexity index is 176. The number of thioether (sulfide) groups is 1. The third-order valence-electron chi connectivity index (χ3n) is 3.61. The first-order valence-corrected chi connectivity index (χ1v) is 7.37. The maximum Gasteiger partial charge on any atom is 0.0509 e. The molecule has 0 saturated carbocycles. The van der Waals surface area contributed by atoms with E-state index in [0.717, 1.165) is 24.4 Å². The Morgan fingerprint density at radius 1 is 1.47 bits per heavy atom. The molecule has 15 heavy (non-hydrogen) atoms. The summed E-state index contributed by atoms with van der Waals surface area (Å²) in [5.74, 6) is 2.14. The fraction of sp³-hybridized carbons (Fsp3) is 1.00. The highest BCUT2D eigenvalue weighted by molar-refractivity contribution is 8.00. The molecule has 3 unspecified atom stereocenters. The van der Waals surface area contributed by atoms with Gasteiger partial charge >= 0.3 is 0 Å². The molecule has 1 N–H and O–H groups in total. The number of hydrogen-bond donors (Lipinski definition) is 1. The third kappa shape index (κ3) is 3.36. The number of nitrogens with one attached hydrogen (secondary N) is 1. The van der Waals surface area contributed by atoms with Crippen LogP contribution in [0.3, 0.4) is 0 Å². The van der Waals surface area contributed by atoms with Crippen molar-refractivity contribution in [3.63, 3.8) is 0 Å². The molecule has 0 radical (unpaired) electrons. The van der Waals surface area contributed by atoms with E-state index in [0.29, 0.717) is 6.04 Å². The molecule has 2 rings (SSSR count). The van der Waals surface area contributed by atoms with Crippen LogP contribution in [-0.4, -0.2) is 36.8 Å². The molecule has 0 amide bonds. The lowest BCUT2D eigenvalue weighted by Crippen LogP contribution is -2.39. The lowest BCUT2D eigenvalue weighted by Gasteiger charge is -2.24. The molecule has 0 aliphatic carbocycles. The zero-order chi connectivity index (χ0) is 10.5. The van der Waals surface area contributed by atoms with Crippen LogP contribution >= 0.6 is 11.8 Å². The zero-order valence-electron chi connectivity index (χ0n) is 9.71. The van der Waals surface area contributed by atoms with E-state index in [-0.39, 0.29) is 0 Å². The van der Waals surface area contributed by atoms with Gasteiger partial charge in [0.05, 0.1) is 6.61 Å². The predicted octanol–water partition coefficient (Wildman–Crippen LogP) is 2.29. The maximum atomic E-state index is 5.47. The minimum Gasteiger partial charge on any atom is -0.381 e. The van der Waals surface area contributed by atoms with E-state index in [4.69, 9.17) is 4.74 Å². The van der Waals surface area contributed by atoms with Gasteiger partial charge in [-0.2, -0.15) is 11.8 Å². The molecule has 2 fully saturated rings. The van der Waals surface area contributed by atoms with Crippen molar-refractivity contribution in [3.05, 3.63) is 0 Å². The van der Waals surface area contributed by atoms with Crippen molar-refractivity contribution in [3.8, 4) is 0 Å². The summed E-state index contributed by atoms with van der Waals surface area (Å²) in [6.45, 7) is 5.45. The van der Waals surface area contributed by atoms with Crippen LogP contribution in [0.2, 0.25) is 0 Å². The van der Waals surface area contributed by atoms with Gasteiger partial charge in [0.25, 0.3) is 0 Å². The molecule has 0 spiro atoms. The summed E-state index contributed by atoms with van der Waals surface area (Å²) >= 11 is 2.14. The fourth-order valence-corrected chi connectivity index (χ4v) is 3.82. The highest BCUT2D eigenvalue weighted by Crippen LogP contribution is 2.26. The van der Waals surface area contributed by atoms with E-state index < -0.39 is 0 Å². The summed E-state index contributed by atoms with van der Waals surface area (Å²) in [5.41, 5.74) is 0. The van der Waals surface area contributed by atoms with Crippen LogP contribution in [0.4, 0.5) is 0 Å². The predicted molar refractivity (Wildman–Crippen MR) is 66.5 cm³/mol. The van der Waals surface area contributed by atoms with Crippen molar-refractivity contribution in [2.75, 3.05) is 25.5 Å². The SMILES string of the molecule is CCC(NCC1CCCS1)C1CCOC1. The quantitative estimate of drug-likeness (QED) is 0.781. The lowest BCUT2D eigenvalue weighted by atomic mass is 9.97. The van der Waals surface area contributed by atoms with Gasteiger partial charge in [-0.1, -0.05) is 6.92 Å². The van der Waals surface area contributed by atoms with Gasteiger partial charge in [0, 0.05) is 24.4 Å². The van der Waals surface area contributed by atoms with Crippen LogP contribution in [0, 0.1) is 5.92 Å². The van der Waals surface area contributed by atoms with E-state index >= 15 is 0 Å². The minimum absolute atomic E-state index is 0.689. The molecule has 3 atom stereocenters. The molecule has 3 heteroatoms. The molecule has 0 aromatic carbocycles. The van der Waals surface area contributed by atoms with Crippen molar-refractivity contribution < 1.29 is 4.74 Å². The van der Waals surface area contributed by atoms with Crippen LogP contribution in [0.15, 0.2) is 0 Å². The first-order valence-electron chi connectivity index (χ1n) is 6.33. The Hall–Kier alpha value is 0.270. The molecule has 0 bridgehead atoms. The lowest BCUT2D eigenvalue weighted by molar-refractivity contribution is 0.176. The summed E-state index contributed by atoms with van der Waals surface area (Å²) in [4.78, 5) is 0. The zero-order valence-corrected chi connectivity index (χ0v) is 10.5. The van der Waals surface area contributed by atoms with Crippen molar-refractivity contribution >= 4 is 11.8 Å². The molecule has 2 heterocycles. The van der Waals surface area contributed by atoms with Crippen LogP contribution in [-0.2, 0) is 4.74 Å². The first kappa shape index (κ1) is 11.7. The monoisotopic (exact) mass is 229 g/mol. The van der Waals surface area contributed by atoms with Gasteiger partial charge in [-0.15, -0.1) is 0 Å². The summed E-state index contributed by atoms with van der Waals surface area (Å²) in [7, 11) is 0. The summed E-state index contributed by atoms with van der Waals surface area (Å²) in [6, 6.07) is 0.689. The van der Waals surface area contributed by atoms with Crippen LogP contribution < -0.4 is 5.32 Å². The topological polar surface area (TPSA) is 21.3 Å². The first-order chi connectivity index (χ1) is 7.40. The van der Waals surface area contributed by atoms with Gasteiger partial charge < -0.3 is 10.1 Å². The van der Waals surface area contributed by atoms with Crippen molar-refractivity contribution in [2.24, 2.45) is 5.92 Å². The Labute approximate surface area is 97.5 Å². The summed E-state index contributed by atoms with van der Waals surface area (Å²) < 4.78 is 5.47. The molecular formula is C12H23NOS. The molecule has 2 nitrogen and oxygen atoms in total. The van der Waals surface area contributed by atoms with Crippen molar-refractivity contribution in [1.82, 2.24) is 5.32 Å². The van der Waals surface area contributed by atoms with Crippen LogP contribution in [0.25, 0.3) is 0 Å². The van der Waals surface area contributed by atoms with Gasteiger partial charge in [-0.3, -0.25) is 0 Å². The second-order valence-corrected chi connectivity index (χ2v) is 6.09. The molecule has 2 aliphatic heterocycles. The molecule has 0 aromatic heterocycles. The average molecular weight is 229 g/mol. The molecule has 2 aliphatic rings. The Morgan fingerprint density at radius 2 is 2.40 bits per heavy atom. The normalized spacial score (nSPS) is 33.4. The maximum absolute atomic E-state index is 5.47. The average Bonchev–Trinajstić information content (AvgIpc) is 2.90. The summed E-state index contributed by atoms with van der Waals surface area (Å²) in [6.07, 6.45) is 5.32. The van der Waals surface area contributed by atoms with E-state index in [1.807, 2.05) is 0 Å². The Kier molecular flexibility index (Phi) is 4.79. The van der Waals surface area contributed by atoms with Crippen molar-refractivity contribution in [1.29, 1.82) is 0 Å². The highest BCUT2D eigenvalue weighted by Gasteiger charge is 2.25. The number of hydrogen-bond acceptors (Lipinski definition) is 3. The molecule has 0 aromatic rings. The van der Waals surface area contributed by atoms with E-state index in [1.165, 1.54) is 38.0 Å².